The van der Waals surface area contributed by atoms with Crippen molar-refractivity contribution in [1.29, 1.82) is 0 Å². The number of halogens is 1. The molecule has 0 unspecified atom stereocenters. The zero-order chi connectivity index (χ0) is 25.7. The lowest BCUT2D eigenvalue weighted by molar-refractivity contribution is -0.384. The molecule has 0 fully saturated rings. The number of carboxylic acid groups (broad SMARTS) is 1. The van der Waals surface area contributed by atoms with Gasteiger partial charge in [0.05, 0.1) is 10.5 Å². The highest BCUT2D eigenvalue weighted by Crippen LogP contribution is 2.34. The summed E-state index contributed by atoms with van der Waals surface area (Å²) in [6.45, 7) is 0.423. The summed E-state index contributed by atoms with van der Waals surface area (Å²) in [5.41, 5.74) is 1.38. The number of rotatable bonds is 9. The molecule has 8 nitrogen and oxygen atoms in total. The van der Waals surface area contributed by atoms with Crippen molar-refractivity contribution in [3.63, 3.8) is 0 Å². The Morgan fingerprint density at radius 1 is 1.00 bits per heavy atom. The van der Waals surface area contributed by atoms with Crippen LogP contribution in [-0.2, 0) is 17.6 Å². The number of carboxylic acids is 1. The quantitative estimate of drug-likeness (QED) is 0.342. The van der Waals surface area contributed by atoms with Gasteiger partial charge in [-0.3, -0.25) is 14.9 Å². The molecule has 0 aromatic heterocycles. The molecule has 1 heterocycles. The van der Waals surface area contributed by atoms with Crippen LogP contribution in [-0.4, -0.2) is 39.4 Å². The minimum absolute atomic E-state index is 0.140. The number of nitro groups is 1. The van der Waals surface area contributed by atoms with Crippen LogP contribution in [0.25, 0.3) is 0 Å². The lowest BCUT2D eigenvalue weighted by Gasteiger charge is -2.37. The number of aromatic carboxylic acids is 1. The van der Waals surface area contributed by atoms with Gasteiger partial charge in [-0.15, -0.1) is 0 Å². The number of benzene rings is 3. The maximum absolute atomic E-state index is 13.6. The molecule has 3 aromatic carbocycles. The largest absolute Gasteiger partial charge is 0.478 e. The van der Waals surface area contributed by atoms with Crippen molar-refractivity contribution in [2.45, 2.75) is 25.3 Å². The zero-order valence-electron chi connectivity index (χ0n) is 19.3. The highest BCUT2D eigenvalue weighted by molar-refractivity contribution is 5.92. The first kappa shape index (κ1) is 24.6. The summed E-state index contributed by atoms with van der Waals surface area (Å²) in [6.07, 6.45) is 4.82. The van der Waals surface area contributed by atoms with Crippen LogP contribution in [0.5, 0.6) is 0 Å². The standard InChI is InChI=1S/C27H24FN3O5/c28-22-11-8-19(9-12-22)7-4-14-29-15-16-30(25(26(29)32)17-20-5-2-1-3-6-20)23-13-10-21(27(33)34)18-24(23)31(35)36/h1-3,5-6,8-13,15-16,18,25H,4,7,14,17H2,(H,33,34)/t25-/m0/s1. The molecule has 184 valence electrons. The summed E-state index contributed by atoms with van der Waals surface area (Å²) < 4.78 is 13.2. The highest BCUT2D eigenvalue weighted by Gasteiger charge is 2.35. The van der Waals surface area contributed by atoms with Gasteiger partial charge in [0, 0.05) is 31.4 Å². The average Bonchev–Trinajstić information content (AvgIpc) is 2.87. The minimum atomic E-state index is -1.27. The first-order valence-corrected chi connectivity index (χ1v) is 11.4. The van der Waals surface area contributed by atoms with E-state index >= 15 is 0 Å². The van der Waals surface area contributed by atoms with E-state index in [2.05, 4.69) is 0 Å². The van der Waals surface area contributed by atoms with Crippen LogP contribution in [0.3, 0.4) is 0 Å². The van der Waals surface area contributed by atoms with E-state index in [1.165, 1.54) is 29.2 Å². The minimum Gasteiger partial charge on any atom is -0.478 e. The lowest BCUT2D eigenvalue weighted by atomic mass is 10.0. The Morgan fingerprint density at radius 2 is 1.72 bits per heavy atom. The first-order valence-electron chi connectivity index (χ1n) is 11.4. The number of nitrogens with zero attached hydrogens (tertiary/aromatic N) is 3. The maximum Gasteiger partial charge on any atom is 0.335 e. The summed E-state index contributed by atoms with van der Waals surface area (Å²) in [4.78, 5) is 39.2. The van der Waals surface area contributed by atoms with E-state index in [1.807, 2.05) is 30.3 Å². The van der Waals surface area contributed by atoms with Gasteiger partial charge in [0.2, 0.25) is 5.91 Å². The van der Waals surface area contributed by atoms with Crippen molar-refractivity contribution in [2.75, 3.05) is 11.4 Å². The van der Waals surface area contributed by atoms with Crippen molar-refractivity contribution in [1.82, 2.24) is 4.90 Å². The van der Waals surface area contributed by atoms with Crippen LogP contribution in [0.1, 0.15) is 27.9 Å². The van der Waals surface area contributed by atoms with Gasteiger partial charge >= 0.3 is 5.97 Å². The smallest absolute Gasteiger partial charge is 0.335 e. The number of hydrogen-bond donors (Lipinski definition) is 1. The van der Waals surface area contributed by atoms with Crippen molar-refractivity contribution in [2.24, 2.45) is 0 Å². The third-order valence-electron chi connectivity index (χ3n) is 6.06. The highest BCUT2D eigenvalue weighted by atomic mass is 19.1. The second kappa shape index (κ2) is 10.8. The van der Waals surface area contributed by atoms with E-state index in [-0.39, 0.29) is 23.0 Å². The number of aryl methyl sites for hydroxylation is 1. The molecule has 9 heteroatoms. The molecular formula is C27H24FN3O5. The molecule has 1 aliphatic heterocycles. The molecule has 1 aliphatic rings. The summed E-state index contributed by atoms with van der Waals surface area (Å²) in [7, 11) is 0. The Labute approximate surface area is 207 Å². The second-order valence-electron chi connectivity index (χ2n) is 8.44. The third-order valence-corrected chi connectivity index (χ3v) is 6.06. The van der Waals surface area contributed by atoms with Gasteiger partial charge in [0.15, 0.2) is 0 Å². The van der Waals surface area contributed by atoms with Gasteiger partial charge in [-0.1, -0.05) is 42.5 Å². The molecule has 0 aliphatic carbocycles. The Kier molecular flexibility index (Phi) is 7.39. The molecule has 0 saturated heterocycles. The summed E-state index contributed by atoms with van der Waals surface area (Å²) in [5.74, 6) is -1.80. The normalized spacial score (nSPS) is 15.2. The summed E-state index contributed by atoms with van der Waals surface area (Å²) in [6, 6.07) is 18.4. The lowest BCUT2D eigenvalue weighted by Crippen LogP contribution is -2.50. The third kappa shape index (κ3) is 5.57. The number of anilines is 1. The van der Waals surface area contributed by atoms with Crippen molar-refractivity contribution in [3.8, 4) is 0 Å². The topological polar surface area (TPSA) is 104 Å². The molecule has 1 N–H and O–H groups in total. The van der Waals surface area contributed by atoms with Crippen LogP contribution >= 0.6 is 0 Å². The fourth-order valence-corrected chi connectivity index (χ4v) is 4.22. The molecule has 0 radical (unpaired) electrons. The Balaban J connectivity index is 1.62. The molecule has 3 aromatic rings. The van der Waals surface area contributed by atoms with E-state index in [4.69, 9.17) is 0 Å². The van der Waals surface area contributed by atoms with Crippen LogP contribution < -0.4 is 4.90 Å². The summed E-state index contributed by atoms with van der Waals surface area (Å²) >= 11 is 0. The van der Waals surface area contributed by atoms with E-state index in [0.29, 0.717) is 25.8 Å². The van der Waals surface area contributed by atoms with Gasteiger partial charge in [0.1, 0.15) is 17.5 Å². The number of carbonyl (C=O) groups is 2. The van der Waals surface area contributed by atoms with Crippen LogP contribution in [0, 0.1) is 15.9 Å². The fraction of sp³-hybridized carbons (Fsp3) is 0.185. The van der Waals surface area contributed by atoms with E-state index in [0.717, 1.165) is 17.2 Å². The number of hydrogen-bond acceptors (Lipinski definition) is 5. The molecule has 0 bridgehead atoms. The molecule has 1 atom stereocenters. The predicted octanol–water partition coefficient (Wildman–Crippen LogP) is 4.80. The molecule has 0 saturated carbocycles. The van der Waals surface area contributed by atoms with E-state index in [1.54, 1.807) is 29.4 Å². The molecule has 0 spiro atoms. The number of carbonyl (C=O) groups excluding carboxylic acids is 1. The Hall–Kier alpha value is -4.53. The van der Waals surface area contributed by atoms with Crippen LogP contribution in [0.15, 0.2) is 85.2 Å². The number of amides is 1. The number of nitro benzene ring substituents is 1. The molecule has 1 amide bonds. The average molecular weight is 490 g/mol. The van der Waals surface area contributed by atoms with E-state index in [9.17, 15) is 29.2 Å². The van der Waals surface area contributed by atoms with E-state index < -0.39 is 22.6 Å². The fourth-order valence-electron chi connectivity index (χ4n) is 4.22. The SMILES string of the molecule is O=C(O)c1ccc(N2C=CN(CCCc3ccc(F)cc3)C(=O)[C@@H]2Cc2ccccc2)c([N+](=O)[O-])c1. The van der Waals surface area contributed by atoms with Gasteiger partial charge in [-0.25, -0.2) is 9.18 Å². The Morgan fingerprint density at radius 3 is 2.39 bits per heavy atom. The second-order valence-corrected chi connectivity index (χ2v) is 8.44. The van der Waals surface area contributed by atoms with Crippen molar-refractivity contribution < 1.29 is 24.0 Å². The van der Waals surface area contributed by atoms with Crippen LogP contribution in [0.2, 0.25) is 0 Å². The molecule has 4 rings (SSSR count). The zero-order valence-corrected chi connectivity index (χ0v) is 19.3. The molecule has 36 heavy (non-hydrogen) atoms. The Bertz CT molecular complexity index is 1290. The maximum atomic E-state index is 13.6. The van der Waals surface area contributed by atoms with Crippen molar-refractivity contribution in [3.05, 3.63) is 118 Å². The molecular weight excluding hydrogens is 465 g/mol. The van der Waals surface area contributed by atoms with Gasteiger partial charge in [-0.2, -0.15) is 0 Å². The van der Waals surface area contributed by atoms with Crippen molar-refractivity contribution >= 4 is 23.3 Å². The monoisotopic (exact) mass is 489 g/mol. The van der Waals surface area contributed by atoms with Gasteiger partial charge < -0.3 is 14.9 Å². The van der Waals surface area contributed by atoms with Gasteiger partial charge in [0.25, 0.3) is 5.69 Å². The van der Waals surface area contributed by atoms with Gasteiger partial charge in [-0.05, 0) is 48.2 Å². The first-order chi connectivity index (χ1) is 17.3. The van der Waals surface area contributed by atoms with Crippen LogP contribution in [0.4, 0.5) is 15.8 Å². The predicted molar refractivity (Wildman–Crippen MR) is 132 cm³/mol. The summed E-state index contributed by atoms with van der Waals surface area (Å²) in [5, 5.41) is 21.1.